The van der Waals surface area contributed by atoms with Crippen LogP contribution in [0.1, 0.15) is 41.7 Å². The molecule has 0 unspecified atom stereocenters. The number of furan rings is 1. The maximum atomic E-state index is 7.16. The molecule has 1 aliphatic carbocycles. The van der Waals surface area contributed by atoms with Gasteiger partial charge in [0.2, 0.25) is 0 Å². The van der Waals surface area contributed by atoms with Crippen LogP contribution in [0.15, 0.2) is 204 Å². The summed E-state index contributed by atoms with van der Waals surface area (Å²) in [6.45, 7) is 5.26. The zero-order valence-corrected chi connectivity index (χ0v) is 33.6. The quantitative estimate of drug-likeness (QED) is 0.164. The van der Waals surface area contributed by atoms with Crippen LogP contribution in [0.4, 0.5) is 0 Å². The molecule has 0 fully saturated rings. The molecule has 1 heterocycles. The van der Waals surface area contributed by atoms with Crippen LogP contribution in [-0.2, 0) is 12.0 Å². The van der Waals surface area contributed by atoms with Gasteiger partial charge in [0, 0.05) is 33.0 Å². The number of fused-ring (bicyclic) bond motifs is 9. The summed E-state index contributed by atoms with van der Waals surface area (Å²) in [7, 11) is 0. The van der Waals surface area contributed by atoms with Gasteiger partial charge in [0.1, 0.15) is 11.2 Å². The molecule has 0 saturated heterocycles. The van der Waals surface area contributed by atoms with Crippen LogP contribution in [0, 0.1) is 0 Å². The monoisotopic (exact) mass is 770 g/mol. The van der Waals surface area contributed by atoms with Crippen molar-refractivity contribution in [2.24, 2.45) is 10.7 Å². The number of aliphatic imine (C=N–C) groups is 1. The molecule has 286 valence electrons. The van der Waals surface area contributed by atoms with Gasteiger partial charge >= 0.3 is 0 Å². The summed E-state index contributed by atoms with van der Waals surface area (Å²) in [5.74, 6) is 0. The van der Waals surface area contributed by atoms with E-state index >= 15 is 0 Å². The van der Waals surface area contributed by atoms with Crippen molar-refractivity contribution in [1.29, 1.82) is 0 Å². The van der Waals surface area contributed by atoms with Crippen molar-refractivity contribution in [2.45, 2.75) is 25.8 Å². The molecular weight excluding hydrogens is 729 g/mol. The SMILES string of the molecule is CC1(C)c2ccc3ccccc3c2-c2cccc(-c3ccc(-c4ccc(/C(N)=C/C(=NCc5ccccc5)c5cccc6oc7ccccc7c56)c5ccccc45)cc3)c21. The summed E-state index contributed by atoms with van der Waals surface area (Å²) in [5.41, 5.74) is 23.6. The van der Waals surface area contributed by atoms with Gasteiger partial charge in [-0.25, -0.2) is 0 Å². The van der Waals surface area contributed by atoms with Gasteiger partial charge < -0.3 is 10.2 Å². The van der Waals surface area contributed by atoms with Crippen molar-refractivity contribution in [2.75, 3.05) is 0 Å². The molecule has 0 atom stereocenters. The predicted octanol–water partition coefficient (Wildman–Crippen LogP) is 14.5. The summed E-state index contributed by atoms with van der Waals surface area (Å²) < 4.78 is 6.29. The van der Waals surface area contributed by atoms with E-state index in [0.29, 0.717) is 12.2 Å². The Morgan fingerprint density at radius 3 is 2.00 bits per heavy atom. The van der Waals surface area contributed by atoms with E-state index in [1.54, 1.807) is 0 Å². The minimum absolute atomic E-state index is 0.131. The molecule has 10 aromatic rings. The highest BCUT2D eigenvalue weighted by atomic mass is 16.3. The Morgan fingerprint density at radius 1 is 0.533 bits per heavy atom. The average Bonchev–Trinajstić information content (AvgIpc) is 3.80. The number of nitrogens with two attached hydrogens (primary N) is 1. The number of benzene rings is 9. The van der Waals surface area contributed by atoms with E-state index in [2.05, 4.69) is 172 Å². The Bertz CT molecular complexity index is 3370. The molecule has 0 radical (unpaired) electrons. The molecule has 3 nitrogen and oxygen atoms in total. The summed E-state index contributed by atoms with van der Waals surface area (Å²) >= 11 is 0. The van der Waals surface area contributed by atoms with Crippen LogP contribution in [0.3, 0.4) is 0 Å². The Morgan fingerprint density at radius 2 is 1.18 bits per heavy atom. The van der Waals surface area contributed by atoms with E-state index in [1.165, 1.54) is 49.7 Å². The van der Waals surface area contributed by atoms with Crippen LogP contribution in [0.5, 0.6) is 0 Å². The first-order valence-electron chi connectivity index (χ1n) is 20.7. The Hall–Kier alpha value is -7.49. The van der Waals surface area contributed by atoms with Crippen LogP contribution in [0.25, 0.3) is 82.6 Å². The number of allylic oxidation sites excluding steroid dienone is 1. The highest BCUT2D eigenvalue weighted by Gasteiger charge is 2.38. The highest BCUT2D eigenvalue weighted by Crippen LogP contribution is 2.54. The van der Waals surface area contributed by atoms with Gasteiger partial charge in [-0.1, -0.05) is 190 Å². The van der Waals surface area contributed by atoms with Gasteiger partial charge in [0.25, 0.3) is 0 Å². The first-order chi connectivity index (χ1) is 29.4. The lowest BCUT2D eigenvalue weighted by molar-refractivity contribution is 0.662. The zero-order chi connectivity index (χ0) is 40.4. The van der Waals surface area contributed by atoms with Crippen molar-refractivity contribution in [1.82, 2.24) is 0 Å². The molecule has 0 saturated carbocycles. The Balaban J connectivity index is 0.983. The molecule has 2 N–H and O–H groups in total. The van der Waals surface area contributed by atoms with Crippen LogP contribution < -0.4 is 5.73 Å². The topological polar surface area (TPSA) is 51.5 Å². The van der Waals surface area contributed by atoms with Crippen LogP contribution in [-0.4, -0.2) is 5.71 Å². The summed E-state index contributed by atoms with van der Waals surface area (Å²) in [6.07, 6.45) is 2.04. The lowest BCUT2D eigenvalue weighted by Crippen LogP contribution is -2.16. The second kappa shape index (κ2) is 14.1. The molecular formula is C57H42N2O. The van der Waals surface area contributed by atoms with Gasteiger partial charge in [-0.15, -0.1) is 0 Å². The third-order valence-electron chi connectivity index (χ3n) is 12.5. The van der Waals surface area contributed by atoms with E-state index in [0.717, 1.165) is 60.7 Å². The largest absolute Gasteiger partial charge is 0.456 e. The Kier molecular flexibility index (Phi) is 8.38. The van der Waals surface area contributed by atoms with E-state index < -0.39 is 0 Å². The van der Waals surface area contributed by atoms with E-state index in [1.807, 2.05) is 36.4 Å². The number of hydrogen-bond acceptors (Lipinski definition) is 3. The maximum Gasteiger partial charge on any atom is 0.136 e. The zero-order valence-electron chi connectivity index (χ0n) is 33.6. The van der Waals surface area contributed by atoms with Gasteiger partial charge in [-0.2, -0.15) is 0 Å². The number of rotatable bonds is 7. The second-order valence-corrected chi connectivity index (χ2v) is 16.4. The summed E-state index contributed by atoms with van der Waals surface area (Å²) in [6, 6.07) is 66.9. The highest BCUT2D eigenvalue weighted by molar-refractivity contribution is 6.23. The third kappa shape index (κ3) is 5.77. The lowest BCUT2D eigenvalue weighted by atomic mass is 9.78. The van der Waals surface area contributed by atoms with Gasteiger partial charge in [0.15, 0.2) is 0 Å². The fourth-order valence-corrected chi connectivity index (χ4v) is 9.71. The maximum absolute atomic E-state index is 7.16. The standard InChI is InChI=1S/C57H42N2O/c1-57(2)49-33-30-37-16-6-7-17-41(37)54(49)48-23-12-21-42(56(48)57)39-28-26-38(27-29-39)40-31-32-45(44-19-9-8-18-43(40)44)50(58)34-51(59-35-36-14-4-3-5-15-36)46-22-13-25-53-55(46)47-20-10-11-24-52(47)60-53/h3-34H,35,58H2,1-2H3/b50-34-,59-51?. The fraction of sp³-hybridized carbons (Fsp3) is 0.0702. The van der Waals surface area contributed by atoms with Crippen molar-refractivity contribution in [3.05, 3.63) is 222 Å². The first-order valence-corrected chi connectivity index (χ1v) is 20.7. The van der Waals surface area contributed by atoms with Crippen LogP contribution in [0.2, 0.25) is 0 Å². The number of hydrogen-bond donors (Lipinski definition) is 1. The Labute approximate surface area is 349 Å². The molecule has 0 aliphatic heterocycles. The molecule has 3 heteroatoms. The van der Waals surface area contributed by atoms with Gasteiger partial charge in [0.05, 0.1) is 12.3 Å². The van der Waals surface area contributed by atoms with Crippen molar-refractivity contribution in [3.8, 4) is 33.4 Å². The number of nitrogens with zero attached hydrogens (tertiary/aromatic N) is 1. The number of para-hydroxylation sites is 1. The van der Waals surface area contributed by atoms with Gasteiger partial charge in [-0.05, 0) is 89.8 Å². The molecule has 0 spiro atoms. The molecule has 0 amide bonds. The second-order valence-electron chi connectivity index (χ2n) is 16.4. The summed E-state index contributed by atoms with van der Waals surface area (Å²) in [5, 5.41) is 6.93. The average molecular weight is 771 g/mol. The van der Waals surface area contributed by atoms with E-state index in [4.69, 9.17) is 15.1 Å². The molecule has 1 aliphatic rings. The molecule has 1 aromatic heterocycles. The fourth-order valence-electron chi connectivity index (χ4n) is 9.71. The van der Waals surface area contributed by atoms with Crippen molar-refractivity contribution in [3.63, 3.8) is 0 Å². The molecule has 0 bridgehead atoms. The molecule has 11 rings (SSSR count). The normalized spacial score (nSPS) is 13.6. The minimum atomic E-state index is -0.131. The molecule has 9 aromatic carbocycles. The van der Waals surface area contributed by atoms with E-state index in [-0.39, 0.29) is 5.41 Å². The third-order valence-corrected chi connectivity index (χ3v) is 12.5. The first kappa shape index (κ1) is 35.7. The van der Waals surface area contributed by atoms with Gasteiger partial charge in [-0.3, -0.25) is 4.99 Å². The van der Waals surface area contributed by atoms with Crippen molar-refractivity contribution >= 4 is 54.9 Å². The minimum Gasteiger partial charge on any atom is -0.456 e. The van der Waals surface area contributed by atoms with E-state index in [9.17, 15) is 0 Å². The molecule has 60 heavy (non-hydrogen) atoms. The summed E-state index contributed by atoms with van der Waals surface area (Å²) in [4.78, 5) is 5.22. The smallest absolute Gasteiger partial charge is 0.136 e. The lowest BCUT2D eigenvalue weighted by Gasteiger charge is -2.24. The van der Waals surface area contributed by atoms with Crippen LogP contribution >= 0.6 is 0 Å². The van der Waals surface area contributed by atoms with Crippen molar-refractivity contribution < 1.29 is 4.42 Å². The predicted molar refractivity (Wildman–Crippen MR) is 252 cm³/mol.